The summed E-state index contributed by atoms with van der Waals surface area (Å²) in [6.45, 7) is 4.69. The lowest BCUT2D eigenvalue weighted by atomic mass is 10.1. The molecule has 0 radical (unpaired) electrons. The van der Waals surface area contributed by atoms with Crippen LogP contribution < -0.4 is 0 Å². The van der Waals surface area contributed by atoms with Gasteiger partial charge in [0.2, 0.25) is 0 Å². The predicted octanol–water partition coefficient (Wildman–Crippen LogP) is 3.54. The van der Waals surface area contributed by atoms with Crippen LogP contribution in [-0.4, -0.2) is 4.98 Å². The van der Waals surface area contributed by atoms with Crippen LogP contribution in [0.3, 0.4) is 0 Å². The molecule has 0 amide bonds. The molecule has 1 aliphatic rings. The third-order valence-corrected chi connectivity index (χ3v) is 3.80. The number of hydrogen-bond donors (Lipinski definition) is 1. The summed E-state index contributed by atoms with van der Waals surface area (Å²) in [4.78, 5) is 3.35. The summed E-state index contributed by atoms with van der Waals surface area (Å²) in [6.07, 6.45) is 2.19. The fraction of sp³-hybridized carbons (Fsp3) is 0.385. The number of H-pyrrole nitrogens is 1. The highest BCUT2D eigenvalue weighted by atomic mass is 14.7. The van der Waals surface area contributed by atoms with Crippen molar-refractivity contribution in [1.82, 2.24) is 4.98 Å². The molecule has 1 heteroatoms. The number of rotatable bonds is 1. The number of para-hydroxylation sites is 1. The second-order valence-corrected chi connectivity index (χ2v) is 4.53. The Bertz CT molecular complexity index is 461. The maximum Gasteiger partial charge on any atom is 0.0456 e. The Morgan fingerprint density at radius 1 is 1.07 bits per heavy atom. The van der Waals surface area contributed by atoms with E-state index >= 15 is 0 Å². The van der Waals surface area contributed by atoms with Gasteiger partial charge in [-0.15, -0.1) is 0 Å². The van der Waals surface area contributed by atoms with Crippen molar-refractivity contribution in [3.05, 3.63) is 36.0 Å². The Balaban J connectivity index is 2.14. The first-order valence-electron chi connectivity index (χ1n) is 5.35. The quantitative estimate of drug-likeness (QED) is 0.699. The van der Waals surface area contributed by atoms with Gasteiger partial charge in [-0.3, -0.25) is 0 Å². The van der Waals surface area contributed by atoms with Crippen LogP contribution in [0.1, 0.15) is 25.3 Å². The second-order valence-electron chi connectivity index (χ2n) is 4.53. The van der Waals surface area contributed by atoms with E-state index in [1.807, 2.05) is 0 Å². The molecule has 2 atom stereocenters. The molecule has 1 saturated carbocycles. The van der Waals surface area contributed by atoms with E-state index in [1.165, 1.54) is 16.5 Å². The maximum absolute atomic E-state index is 3.35. The van der Waals surface area contributed by atoms with Crippen molar-refractivity contribution < 1.29 is 0 Å². The standard InChI is InChI=1S/C13H15N/c1-8-9(2)13(8)11-7-14-12-6-4-3-5-10(11)12/h3-9,13-14H,1-2H3. The van der Waals surface area contributed by atoms with Gasteiger partial charge < -0.3 is 4.98 Å². The largest absolute Gasteiger partial charge is 0.361 e. The Hall–Kier alpha value is -1.24. The van der Waals surface area contributed by atoms with Gasteiger partial charge in [-0.1, -0.05) is 32.0 Å². The topological polar surface area (TPSA) is 15.8 Å². The predicted molar refractivity (Wildman–Crippen MR) is 59.4 cm³/mol. The first-order valence-corrected chi connectivity index (χ1v) is 5.35. The minimum atomic E-state index is 0.783. The smallest absolute Gasteiger partial charge is 0.0456 e. The third-order valence-electron chi connectivity index (χ3n) is 3.80. The van der Waals surface area contributed by atoms with Crippen LogP contribution >= 0.6 is 0 Å². The molecular formula is C13H15N. The van der Waals surface area contributed by atoms with Crippen LogP contribution in [0, 0.1) is 11.8 Å². The summed E-state index contributed by atoms with van der Waals surface area (Å²) in [5.74, 6) is 2.49. The fourth-order valence-corrected chi connectivity index (χ4v) is 2.60. The first kappa shape index (κ1) is 8.10. The molecule has 14 heavy (non-hydrogen) atoms. The highest BCUT2D eigenvalue weighted by molar-refractivity contribution is 5.84. The van der Waals surface area contributed by atoms with Crippen LogP contribution in [0.4, 0.5) is 0 Å². The van der Waals surface area contributed by atoms with E-state index in [0.717, 1.165) is 17.8 Å². The van der Waals surface area contributed by atoms with Gasteiger partial charge in [-0.2, -0.15) is 0 Å². The van der Waals surface area contributed by atoms with Crippen molar-refractivity contribution in [2.45, 2.75) is 19.8 Å². The third kappa shape index (κ3) is 0.955. The highest BCUT2D eigenvalue weighted by Gasteiger charge is 2.44. The summed E-state index contributed by atoms with van der Waals surface area (Å²) >= 11 is 0. The molecule has 0 bridgehead atoms. The SMILES string of the molecule is CC1C(C)C1c1c[nH]c2ccccc12. The molecular weight excluding hydrogens is 170 g/mol. The molecule has 0 aliphatic heterocycles. The summed E-state index contributed by atoms with van der Waals surface area (Å²) in [5.41, 5.74) is 2.79. The van der Waals surface area contributed by atoms with Gasteiger partial charge in [0.05, 0.1) is 0 Å². The zero-order valence-electron chi connectivity index (χ0n) is 8.62. The van der Waals surface area contributed by atoms with E-state index < -0.39 is 0 Å². The lowest BCUT2D eigenvalue weighted by molar-refractivity contribution is 0.834. The fourth-order valence-electron chi connectivity index (χ4n) is 2.60. The van der Waals surface area contributed by atoms with Gasteiger partial charge >= 0.3 is 0 Å². The lowest BCUT2D eigenvalue weighted by Crippen LogP contribution is -1.78. The number of fused-ring (bicyclic) bond motifs is 1. The van der Waals surface area contributed by atoms with Gasteiger partial charge in [-0.25, -0.2) is 0 Å². The van der Waals surface area contributed by atoms with Crippen LogP contribution in [0.5, 0.6) is 0 Å². The molecule has 0 saturated heterocycles. The zero-order chi connectivity index (χ0) is 9.71. The van der Waals surface area contributed by atoms with Crippen molar-refractivity contribution >= 4 is 10.9 Å². The summed E-state index contributed by atoms with van der Waals surface area (Å²) in [5, 5.41) is 1.41. The Labute approximate surface area is 84.1 Å². The molecule has 3 rings (SSSR count). The molecule has 1 heterocycles. The average molecular weight is 185 g/mol. The van der Waals surface area contributed by atoms with Crippen molar-refractivity contribution in [1.29, 1.82) is 0 Å². The summed E-state index contributed by atoms with van der Waals surface area (Å²) in [6, 6.07) is 8.58. The average Bonchev–Trinajstić information content (AvgIpc) is 2.67. The van der Waals surface area contributed by atoms with Crippen LogP contribution in [0.25, 0.3) is 10.9 Å². The van der Waals surface area contributed by atoms with E-state index in [9.17, 15) is 0 Å². The van der Waals surface area contributed by atoms with Crippen LogP contribution in [-0.2, 0) is 0 Å². The molecule has 2 aromatic rings. The Kier molecular flexibility index (Phi) is 1.52. The van der Waals surface area contributed by atoms with Gasteiger partial charge in [0.15, 0.2) is 0 Å². The van der Waals surface area contributed by atoms with Crippen molar-refractivity contribution in [3.63, 3.8) is 0 Å². The Morgan fingerprint density at radius 2 is 1.79 bits per heavy atom. The second kappa shape index (κ2) is 2.63. The molecule has 1 aromatic heterocycles. The van der Waals surface area contributed by atoms with E-state index in [0.29, 0.717) is 0 Å². The molecule has 1 aromatic carbocycles. The normalized spacial score (nSPS) is 30.9. The van der Waals surface area contributed by atoms with Gasteiger partial charge in [0, 0.05) is 17.1 Å². The molecule has 1 N–H and O–H groups in total. The number of hydrogen-bond acceptors (Lipinski definition) is 0. The van der Waals surface area contributed by atoms with Gasteiger partial charge in [0.1, 0.15) is 0 Å². The molecule has 0 spiro atoms. The van der Waals surface area contributed by atoms with Crippen LogP contribution in [0.2, 0.25) is 0 Å². The molecule has 72 valence electrons. The van der Waals surface area contributed by atoms with E-state index in [-0.39, 0.29) is 0 Å². The van der Waals surface area contributed by atoms with Gasteiger partial charge in [0.25, 0.3) is 0 Å². The monoisotopic (exact) mass is 185 g/mol. The first-order chi connectivity index (χ1) is 6.79. The van der Waals surface area contributed by atoms with Crippen molar-refractivity contribution in [2.24, 2.45) is 11.8 Å². The van der Waals surface area contributed by atoms with E-state index in [1.54, 1.807) is 0 Å². The highest BCUT2D eigenvalue weighted by Crippen LogP contribution is 2.54. The zero-order valence-corrected chi connectivity index (χ0v) is 8.62. The van der Waals surface area contributed by atoms with Gasteiger partial charge in [-0.05, 0) is 29.4 Å². The number of aromatic amines is 1. The number of nitrogens with one attached hydrogen (secondary N) is 1. The lowest BCUT2D eigenvalue weighted by Gasteiger charge is -1.95. The van der Waals surface area contributed by atoms with E-state index in [4.69, 9.17) is 0 Å². The summed E-state index contributed by atoms with van der Waals surface area (Å²) < 4.78 is 0. The molecule has 1 nitrogen and oxygen atoms in total. The molecule has 1 fully saturated rings. The minimum absolute atomic E-state index is 0.783. The number of benzene rings is 1. The van der Waals surface area contributed by atoms with Crippen molar-refractivity contribution in [3.8, 4) is 0 Å². The van der Waals surface area contributed by atoms with Crippen molar-refractivity contribution in [2.75, 3.05) is 0 Å². The Morgan fingerprint density at radius 3 is 2.50 bits per heavy atom. The maximum atomic E-state index is 3.35. The minimum Gasteiger partial charge on any atom is -0.361 e. The number of aromatic nitrogens is 1. The molecule has 1 aliphatic carbocycles. The summed E-state index contributed by atoms with van der Waals surface area (Å²) in [7, 11) is 0. The molecule has 2 unspecified atom stereocenters. The van der Waals surface area contributed by atoms with Crippen LogP contribution in [0.15, 0.2) is 30.5 Å². The van der Waals surface area contributed by atoms with E-state index in [2.05, 4.69) is 49.3 Å².